The lowest BCUT2D eigenvalue weighted by Gasteiger charge is -2.32. The third-order valence-electron chi connectivity index (χ3n) is 2.79. The summed E-state index contributed by atoms with van der Waals surface area (Å²) >= 11 is 6.19. The second-order valence-electron chi connectivity index (χ2n) is 4.06. The highest BCUT2D eigenvalue weighted by atomic mass is 79.9. The minimum atomic E-state index is -3.29. The van der Waals surface area contributed by atoms with E-state index in [0.29, 0.717) is 0 Å². The van der Waals surface area contributed by atoms with Crippen LogP contribution in [0.4, 0.5) is 13.6 Å². The highest BCUT2D eigenvalue weighted by Crippen LogP contribution is 2.46. The zero-order valence-electron chi connectivity index (χ0n) is 10.5. The molecule has 1 atom stereocenters. The van der Waals surface area contributed by atoms with Crippen LogP contribution in [0.1, 0.15) is 11.6 Å². The topological polar surface area (TPSA) is 67.8 Å². The molecule has 2 N–H and O–H groups in total. The molecule has 0 spiro atoms. The van der Waals surface area contributed by atoms with Gasteiger partial charge in [0.05, 0.1) is 11.6 Å². The van der Waals surface area contributed by atoms with Crippen LogP contribution >= 0.6 is 44.3 Å². The number of cyclic esters (lactones) is 1. The fourth-order valence-electron chi connectivity index (χ4n) is 1.79. The number of phenolic OH excluding ortho intramolecular Hbond substituents is 1. The number of halogens is 5. The molecule has 0 saturated carbocycles. The quantitative estimate of drug-likeness (QED) is 0.716. The number of rotatable bonds is 2. The molecule has 0 radical (unpaired) electrons. The van der Waals surface area contributed by atoms with E-state index in [1.165, 1.54) is 13.2 Å². The van der Waals surface area contributed by atoms with Crippen LogP contribution in [0, 0.1) is 0 Å². The average molecular weight is 453 g/mol. The molecule has 0 bridgehead atoms. The van der Waals surface area contributed by atoms with Gasteiger partial charge in [-0.3, -0.25) is 0 Å². The van der Waals surface area contributed by atoms with Crippen molar-refractivity contribution in [3.8, 4) is 11.5 Å². The average Bonchev–Trinajstić information content (AvgIpc) is 2.40. The van der Waals surface area contributed by atoms with Crippen molar-refractivity contribution in [1.82, 2.24) is 5.32 Å². The van der Waals surface area contributed by atoms with Gasteiger partial charge >= 0.3 is 12.0 Å². The number of hydrogen-bond acceptors (Lipinski definition) is 4. The van der Waals surface area contributed by atoms with Crippen LogP contribution in [0.2, 0.25) is 0 Å². The van der Waals surface area contributed by atoms with Crippen LogP contribution in [0.15, 0.2) is 15.0 Å². The van der Waals surface area contributed by atoms with E-state index in [9.17, 15) is 18.7 Å². The monoisotopic (exact) mass is 451 g/mol. The van der Waals surface area contributed by atoms with E-state index < -0.39 is 24.7 Å². The number of nitrogens with one attached hydrogen (secondary N) is 1. The Labute approximate surface area is 141 Å². The van der Waals surface area contributed by atoms with Crippen LogP contribution in [0.25, 0.3) is 0 Å². The maximum Gasteiger partial charge on any atom is 0.408 e. The predicted molar refractivity (Wildman–Crippen MR) is 79.5 cm³/mol. The number of hydrogen-bond donors (Lipinski definition) is 2. The van der Waals surface area contributed by atoms with Crippen molar-refractivity contribution >= 4 is 50.4 Å². The van der Waals surface area contributed by atoms with Gasteiger partial charge in [-0.1, -0.05) is 0 Å². The smallest absolute Gasteiger partial charge is 0.408 e. The van der Waals surface area contributed by atoms with Gasteiger partial charge in [0.2, 0.25) is 0 Å². The number of methoxy groups -OCH3 is 1. The van der Waals surface area contributed by atoms with Crippen LogP contribution in [0.5, 0.6) is 11.5 Å². The van der Waals surface area contributed by atoms with Gasteiger partial charge in [0, 0.05) is 4.47 Å². The van der Waals surface area contributed by atoms with E-state index in [4.69, 9.17) is 4.74 Å². The zero-order chi connectivity index (χ0) is 15.1. The summed E-state index contributed by atoms with van der Waals surface area (Å²) in [5.41, 5.74) is 0.0631. The maximum absolute atomic E-state index is 13.9. The van der Waals surface area contributed by atoms with Gasteiger partial charge in [0.25, 0.3) is 0 Å². The first-order valence-electron chi connectivity index (χ1n) is 5.34. The third-order valence-corrected chi connectivity index (χ3v) is 4.94. The molecule has 1 heterocycles. The summed E-state index contributed by atoms with van der Waals surface area (Å²) < 4.78 is 37.4. The summed E-state index contributed by atoms with van der Waals surface area (Å²) in [6.07, 6.45) is -0.934. The highest BCUT2D eigenvalue weighted by Gasteiger charge is 2.48. The van der Waals surface area contributed by atoms with Gasteiger partial charge in [-0.2, -0.15) is 0 Å². The van der Waals surface area contributed by atoms with E-state index in [-0.39, 0.29) is 38.4 Å². The number of carbonyl (C=O) groups is 1. The highest BCUT2D eigenvalue weighted by molar-refractivity contribution is 9.13. The fraction of sp³-hybridized carbons (Fsp3) is 0.364. The Bertz CT molecular complexity index is 574. The molecule has 0 unspecified atom stereocenters. The number of amides is 1. The molecule has 10 heteroatoms. The number of aromatic hydroxyl groups is 1. The van der Waals surface area contributed by atoms with E-state index in [1.807, 2.05) is 0 Å². The minimum Gasteiger partial charge on any atom is -0.503 e. The standard InChI is InChI=1S/C11H9Br2F2NO4.ClH/c1-19-5-2-4(6(12)7(13)8(5)17)9-11(14,15)3-20-10(18)16-9;/h2,9,17H,3H2,1H3,(H,16,18);1H/t9-;/m0./s1. The molecule has 1 saturated heterocycles. The largest absolute Gasteiger partial charge is 0.503 e. The summed E-state index contributed by atoms with van der Waals surface area (Å²) in [5, 5.41) is 11.8. The molecule has 1 aliphatic rings. The molecule has 1 aliphatic heterocycles. The van der Waals surface area contributed by atoms with E-state index >= 15 is 0 Å². The molecular formula is C11H10Br2ClF2NO4. The number of alkyl halides is 2. The summed E-state index contributed by atoms with van der Waals surface area (Å²) in [5.74, 6) is -3.52. The summed E-state index contributed by atoms with van der Waals surface area (Å²) in [4.78, 5) is 11.2. The lowest BCUT2D eigenvalue weighted by molar-refractivity contribution is -0.104. The van der Waals surface area contributed by atoms with Crippen molar-refractivity contribution in [2.45, 2.75) is 12.0 Å². The summed E-state index contributed by atoms with van der Waals surface area (Å²) in [7, 11) is 1.29. The number of phenols is 1. The molecule has 5 nitrogen and oxygen atoms in total. The molecule has 0 aromatic heterocycles. The lowest BCUT2D eigenvalue weighted by Crippen LogP contribution is -2.49. The molecule has 1 aromatic rings. The number of alkyl carbamates (subject to hydrolysis) is 1. The van der Waals surface area contributed by atoms with Crippen molar-refractivity contribution in [3.63, 3.8) is 0 Å². The van der Waals surface area contributed by atoms with Crippen LogP contribution in [-0.4, -0.2) is 30.8 Å². The lowest BCUT2D eigenvalue weighted by atomic mass is 9.99. The Hall–Kier alpha value is -0.800. The van der Waals surface area contributed by atoms with E-state index in [2.05, 4.69) is 41.9 Å². The number of benzene rings is 1. The summed E-state index contributed by atoms with van der Waals surface area (Å²) in [6, 6.07) is -0.363. The predicted octanol–water partition coefficient (Wildman–Crippen LogP) is 3.76. The molecule has 1 aromatic carbocycles. The van der Waals surface area contributed by atoms with Crippen molar-refractivity contribution in [2.75, 3.05) is 13.7 Å². The van der Waals surface area contributed by atoms with Gasteiger partial charge in [-0.15, -0.1) is 12.4 Å². The fourth-order valence-corrected chi connectivity index (χ4v) is 2.75. The zero-order valence-corrected chi connectivity index (χ0v) is 14.4. The van der Waals surface area contributed by atoms with E-state index in [1.54, 1.807) is 0 Å². The van der Waals surface area contributed by atoms with Gasteiger partial charge in [-0.05, 0) is 43.5 Å². The van der Waals surface area contributed by atoms with Gasteiger partial charge in [0.15, 0.2) is 18.1 Å². The second-order valence-corrected chi connectivity index (χ2v) is 5.65. The Morgan fingerprint density at radius 3 is 2.67 bits per heavy atom. The van der Waals surface area contributed by atoms with Crippen LogP contribution in [0.3, 0.4) is 0 Å². The van der Waals surface area contributed by atoms with Crippen molar-refractivity contribution in [3.05, 3.63) is 20.6 Å². The Balaban J connectivity index is 0.00000220. The first kappa shape index (κ1) is 18.2. The van der Waals surface area contributed by atoms with Crippen molar-refractivity contribution in [1.29, 1.82) is 0 Å². The normalized spacial score (nSPS) is 20.0. The molecule has 2 rings (SSSR count). The molecule has 1 fully saturated rings. The Morgan fingerprint density at radius 1 is 1.48 bits per heavy atom. The van der Waals surface area contributed by atoms with Gasteiger partial charge in [-0.25, -0.2) is 13.6 Å². The second kappa shape index (κ2) is 6.53. The van der Waals surface area contributed by atoms with Gasteiger partial charge in [0.1, 0.15) is 6.04 Å². The number of carbonyl (C=O) groups excluding carboxylic acids is 1. The first-order chi connectivity index (χ1) is 9.27. The van der Waals surface area contributed by atoms with E-state index in [0.717, 1.165) is 0 Å². The first-order valence-corrected chi connectivity index (χ1v) is 6.92. The minimum absolute atomic E-state index is 0. The summed E-state index contributed by atoms with van der Waals surface area (Å²) in [6.45, 7) is -1.02. The molecule has 21 heavy (non-hydrogen) atoms. The maximum atomic E-state index is 13.9. The number of ether oxygens (including phenoxy) is 2. The Kier molecular flexibility index (Phi) is 5.68. The van der Waals surface area contributed by atoms with Crippen LogP contribution < -0.4 is 10.1 Å². The Morgan fingerprint density at radius 2 is 2.10 bits per heavy atom. The van der Waals surface area contributed by atoms with Crippen LogP contribution in [-0.2, 0) is 4.74 Å². The van der Waals surface area contributed by atoms with Crippen molar-refractivity contribution < 1.29 is 28.2 Å². The van der Waals surface area contributed by atoms with Crippen molar-refractivity contribution in [2.24, 2.45) is 0 Å². The van der Waals surface area contributed by atoms with Gasteiger partial charge < -0.3 is 19.9 Å². The molecule has 0 aliphatic carbocycles. The molecular weight excluding hydrogens is 443 g/mol. The molecule has 118 valence electrons. The molecule has 1 amide bonds. The SMILES string of the molecule is COc1cc([C@@H]2NC(=O)OCC2(F)F)c(Br)c(Br)c1O.Cl. The third kappa shape index (κ3) is 3.35.